The van der Waals surface area contributed by atoms with Gasteiger partial charge in [-0.15, -0.1) is 0 Å². The molecule has 0 fully saturated rings. The van der Waals surface area contributed by atoms with Crippen molar-refractivity contribution in [2.45, 2.75) is 38.8 Å². The lowest BCUT2D eigenvalue weighted by Crippen LogP contribution is -2.51. The number of amides is 1. The van der Waals surface area contributed by atoms with Gasteiger partial charge in [-0.05, 0) is 30.0 Å². The minimum atomic E-state index is -0.262. The summed E-state index contributed by atoms with van der Waals surface area (Å²) >= 11 is 16.2. The first-order chi connectivity index (χ1) is 11.4. The molecule has 0 heterocycles. The van der Waals surface area contributed by atoms with E-state index >= 15 is 0 Å². The number of carbonyl (C=O) groups is 1. The van der Waals surface area contributed by atoms with Crippen LogP contribution in [0.1, 0.15) is 25.8 Å². The van der Waals surface area contributed by atoms with E-state index in [1.165, 1.54) is 0 Å². The maximum absolute atomic E-state index is 12.5. The number of nitrogens with one attached hydrogen (secondary N) is 2. The Balaban J connectivity index is 2.54. The highest BCUT2D eigenvalue weighted by molar-refractivity contribution is 7.80. The summed E-state index contributed by atoms with van der Waals surface area (Å²) in [5, 5.41) is 7.46. The number of benzene rings is 1. The van der Waals surface area contributed by atoms with Gasteiger partial charge < -0.3 is 16.4 Å². The van der Waals surface area contributed by atoms with Gasteiger partial charge in [-0.3, -0.25) is 4.79 Å². The van der Waals surface area contributed by atoms with E-state index in [1.54, 1.807) is 12.1 Å². The Morgan fingerprint density at radius 2 is 2.08 bits per heavy atom. The fourth-order valence-electron chi connectivity index (χ4n) is 2.29. The Kier molecular flexibility index (Phi) is 10.1. The van der Waals surface area contributed by atoms with E-state index in [-0.39, 0.29) is 23.9 Å². The van der Waals surface area contributed by atoms with Crippen LogP contribution in [-0.4, -0.2) is 36.8 Å². The molecular weight excluding hydrogens is 365 g/mol. The molecule has 0 saturated heterocycles. The van der Waals surface area contributed by atoms with Crippen molar-refractivity contribution in [1.29, 1.82) is 0 Å². The van der Waals surface area contributed by atoms with Gasteiger partial charge in [0.25, 0.3) is 0 Å². The molecule has 1 aromatic rings. The number of hydrogen-bond acceptors (Lipinski definition) is 4. The van der Waals surface area contributed by atoms with Gasteiger partial charge in [-0.2, -0.15) is 12.6 Å². The Bertz CT molecular complexity index is 531. The molecule has 136 valence electrons. The Labute approximate surface area is 160 Å². The van der Waals surface area contributed by atoms with Crippen molar-refractivity contribution >= 4 is 41.7 Å². The third kappa shape index (κ3) is 7.19. The van der Waals surface area contributed by atoms with Gasteiger partial charge >= 0.3 is 0 Å². The zero-order valence-corrected chi connectivity index (χ0v) is 16.6. The molecule has 1 aromatic carbocycles. The summed E-state index contributed by atoms with van der Waals surface area (Å²) in [6.45, 7) is 5.21. The predicted molar refractivity (Wildman–Crippen MR) is 106 cm³/mol. The summed E-state index contributed by atoms with van der Waals surface area (Å²) in [6, 6.07) is 5.06. The molecule has 0 saturated carbocycles. The number of rotatable bonds is 10. The van der Waals surface area contributed by atoms with Crippen LogP contribution in [0.3, 0.4) is 0 Å². The van der Waals surface area contributed by atoms with E-state index in [4.69, 9.17) is 28.9 Å². The van der Waals surface area contributed by atoms with Crippen molar-refractivity contribution in [2.24, 2.45) is 11.7 Å². The van der Waals surface area contributed by atoms with Gasteiger partial charge in [0.05, 0.1) is 6.04 Å². The molecule has 0 aliphatic carbocycles. The summed E-state index contributed by atoms with van der Waals surface area (Å²) in [5.74, 6) is 0.786. The summed E-state index contributed by atoms with van der Waals surface area (Å²) in [4.78, 5) is 12.5. The fraction of sp³-hybridized carbons (Fsp3) is 0.588. The molecular formula is C17H27Cl2N3OS. The standard InChI is InChI=1S/C17H27Cl2N3OS/c1-3-11(2)16(22-9-14(20)10-24)17(23)21-7-6-12-4-5-13(18)8-15(12)19/h4-5,8,11,14,16,22,24H,3,6-7,9-10,20H2,1-2H3,(H,21,23)/t11-,14+,16-/m0/s1. The summed E-state index contributed by atoms with van der Waals surface area (Å²) < 4.78 is 0. The topological polar surface area (TPSA) is 67.1 Å². The highest BCUT2D eigenvalue weighted by Gasteiger charge is 2.23. The molecule has 0 aromatic heterocycles. The lowest BCUT2D eigenvalue weighted by Gasteiger charge is -2.25. The lowest BCUT2D eigenvalue weighted by molar-refractivity contribution is -0.124. The lowest BCUT2D eigenvalue weighted by atomic mass is 9.98. The molecule has 0 spiro atoms. The average molecular weight is 392 g/mol. The van der Waals surface area contributed by atoms with Crippen LogP contribution < -0.4 is 16.4 Å². The molecule has 1 amide bonds. The Morgan fingerprint density at radius 3 is 2.67 bits per heavy atom. The minimum Gasteiger partial charge on any atom is -0.354 e. The predicted octanol–water partition coefficient (Wildman–Crippen LogP) is 2.91. The van der Waals surface area contributed by atoms with Gasteiger partial charge in [0.1, 0.15) is 0 Å². The van der Waals surface area contributed by atoms with Crippen LogP contribution in [0, 0.1) is 5.92 Å². The Morgan fingerprint density at radius 1 is 1.38 bits per heavy atom. The molecule has 0 bridgehead atoms. The third-order valence-corrected chi connectivity index (χ3v) is 5.09. The van der Waals surface area contributed by atoms with Crippen molar-refractivity contribution in [1.82, 2.24) is 10.6 Å². The van der Waals surface area contributed by atoms with E-state index in [1.807, 2.05) is 6.07 Å². The first-order valence-corrected chi connectivity index (χ1v) is 9.59. The van der Waals surface area contributed by atoms with Crippen LogP contribution in [-0.2, 0) is 11.2 Å². The SMILES string of the molecule is CC[C@H](C)[C@H](NC[C@@H](N)CS)C(=O)NCCc1ccc(Cl)cc1Cl. The molecule has 0 radical (unpaired) electrons. The smallest absolute Gasteiger partial charge is 0.237 e. The van der Waals surface area contributed by atoms with E-state index in [0.29, 0.717) is 35.3 Å². The molecule has 1 rings (SSSR count). The molecule has 4 nitrogen and oxygen atoms in total. The number of nitrogens with two attached hydrogens (primary N) is 1. The molecule has 7 heteroatoms. The zero-order valence-electron chi connectivity index (χ0n) is 14.2. The van der Waals surface area contributed by atoms with Gasteiger partial charge in [-0.25, -0.2) is 0 Å². The molecule has 0 unspecified atom stereocenters. The van der Waals surface area contributed by atoms with Crippen molar-refractivity contribution in [3.05, 3.63) is 33.8 Å². The highest BCUT2D eigenvalue weighted by Crippen LogP contribution is 2.21. The van der Waals surface area contributed by atoms with E-state index in [0.717, 1.165) is 12.0 Å². The van der Waals surface area contributed by atoms with Crippen molar-refractivity contribution in [2.75, 3.05) is 18.8 Å². The highest BCUT2D eigenvalue weighted by atomic mass is 35.5. The Hall–Kier alpha value is -0.460. The maximum Gasteiger partial charge on any atom is 0.237 e. The monoisotopic (exact) mass is 391 g/mol. The second kappa shape index (κ2) is 11.2. The van der Waals surface area contributed by atoms with Crippen LogP contribution in [0.4, 0.5) is 0 Å². The van der Waals surface area contributed by atoms with Crippen LogP contribution in [0.25, 0.3) is 0 Å². The van der Waals surface area contributed by atoms with Crippen molar-refractivity contribution in [3.63, 3.8) is 0 Å². The van der Waals surface area contributed by atoms with Crippen molar-refractivity contribution in [3.8, 4) is 0 Å². The largest absolute Gasteiger partial charge is 0.354 e. The minimum absolute atomic E-state index is 0.0131. The number of thiol groups is 1. The summed E-state index contributed by atoms with van der Waals surface area (Å²) in [5.41, 5.74) is 6.84. The quantitative estimate of drug-likeness (QED) is 0.463. The zero-order chi connectivity index (χ0) is 18.1. The van der Waals surface area contributed by atoms with E-state index < -0.39 is 0 Å². The first-order valence-electron chi connectivity index (χ1n) is 8.20. The van der Waals surface area contributed by atoms with Crippen LogP contribution in [0.2, 0.25) is 10.0 Å². The van der Waals surface area contributed by atoms with Gasteiger partial charge in [0.2, 0.25) is 5.91 Å². The van der Waals surface area contributed by atoms with Gasteiger partial charge in [-0.1, -0.05) is 49.5 Å². The third-order valence-electron chi connectivity index (χ3n) is 4.04. The van der Waals surface area contributed by atoms with Crippen LogP contribution in [0.15, 0.2) is 18.2 Å². The van der Waals surface area contributed by atoms with Crippen LogP contribution >= 0.6 is 35.8 Å². The average Bonchev–Trinajstić information content (AvgIpc) is 2.56. The molecule has 0 aliphatic heterocycles. The fourth-order valence-corrected chi connectivity index (χ4v) is 2.92. The maximum atomic E-state index is 12.5. The van der Waals surface area contributed by atoms with Gasteiger partial charge in [0.15, 0.2) is 0 Å². The number of halogens is 2. The molecule has 0 aliphatic rings. The molecule has 3 atom stereocenters. The van der Waals surface area contributed by atoms with Gasteiger partial charge in [0, 0.05) is 34.9 Å². The molecule has 24 heavy (non-hydrogen) atoms. The van der Waals surface area contributed by atoms with E-state index in [2.05, 4.69) is 37.1 Å². The second-order valence-electron chi connectivity index (χ2n) is 5.99. The summed E-state index contributed by atoms with van der Waals surface area (Å²) in [7, 11) is 0. The normalized spacial score (nSPS) is 14.9. The number of hydrogen-bond donors (Lipinski definition) is 4. The number of carbonyl (C=O) groups excluding carboxylic acids is 1. The van der Waals surface area contributed by atoms with Crippen molar-refractivity contribution < 1.29 is 4.79 Å². The summed E-state index contributed by atoms with van der Waals surface area (Å²) in [6.07, 6.45) is 1.56. The first kappa shape index (κ1) is 21.6. The second-order valence-corrected chi connectivity index (χ2v) is 7.20. The van der Waals surface area contributed by atoms with Crippen LogP contribution in [0.5, 0.6) is 0 Å². The van der Waals surface area contributed by atoms with E-state index in [9.17, 15) is 4.79 Å². The molecule has 4 N–H and O–H groups in total.